The molecule has 134 valence electrons. The molecule has 0 aromatic rings. The lowest BCUT2D eigenvalue weighted by Gasteiger charge is -2.44. The highest BCUT2D eigenvalue weighted by molar-refractivity contribution is 8.07. The molecular weight excluding hydrogens is 355 g/mol. The number of hydrogen-bond donors (Lipinski definition) is 1. The minimum Gasteiger partial charge on any atom is -0.361 e. The van der Waals surface area contributed by atoms with E-state index < -0.39 is 6.72 Å². The van der Waals surface area contributed by atoms with E-state index in [0.717, 1.165) is 37.4 Å². The van der Waals surface area contributed by atoms with Crippen LogP contribution in [0.3, 0.4) is 0 Å². The van der Waals surface area contributed by atoms with E-state index in [4.69, 9.17) is 32.5 Å². The molecule has 1 rings (SSSR count). The number of rotatable bonds is 8. The van der Waals surface area contributed by atoms with Gasteiger partial charge in [-0.1, -0.05) is 32.4 Å². The van der Waals surface area contributed by atoms with Crippen LogP contribution in [-0.2, 0) is 20.9 Å². The van der Waals surface area contributed by atoms with Crippen LogP contribution in [0.15, 0.2) is 15.7 Å². The Morgan fingerprint density at radius 1 is 1.26 bits per heavy atom. The summed E-state index contributed by atoms with van der Waals surface area (Å²) in [5, 5.41) is 0.736. The van der Waals surface area contributed by atoms with Crippen LogP contribution in [0.1, 0.15) is 53.9 Å². The zero-order chi connectivity index (χ0) is 17.7. The minimum atomic E-state index is -3.36. The molecule has 0 saturated heterocycles. The van der Waals surface area contributed by atoms with Crippen molar-refractivity contribution in [2.24, 2.45) is 4.99 Å². The molecule has 0 radical (unpaired) electrons. The molecule has 5 nitrogen and oxygen atoms in total. The van der Waals surface area contributed by atoms with Gasteiger partial charge in [0.05, 0.1) is 30.4 Å². The fourth-order valence-corrected chi connectivity index (χ4v) is 4.44. The Morgan fingerprint density at radius 2 is 1.83 bits per heavy atom. The summed E-state index contributed by atoms with van der Waals surface area (Å²) < 4.78 is 11.6. The molecule has 23 heavy (non-hydrogen) atoms. The zero-order valence-corrected chi connectivity index (χ0v) is 17.2. The second-order valence-electron chi connectivity index (χ2n) is 5.88. The Bertz CT molecular complexity index is 519. The normalized spacial score (nSPS) is 23.4. The minimum absolute atomic E-state index is 0.0187. The van der Waals surface area contributed by atoms with Crippen molar-refractivity contribution in [3.63, 3.8) is 0 Å². The van der Waals surface area contributed by atoms with Crippen molar-refractivity contribution in [1.82, 2.24) is 0 Å². The number of halogens is 1. The lowest BCUT2D eigenvalue weighted by atomic mass is 10.1. The zero-order valence-electron chi connectivity index (χ0n) is 14.7. The number of hydrogen-bond acceptors (Lipinski definition) is 4. The van der Waals surface area contributed by atoms with E-state index in [1.165, 1.54) is 0 Å². The summed E-state index contributed by atoms with van der Waals surface area (Å²) in [5.41, 5.74) is 0.709. The number of allylic oxidation sites excluding steroid dienone is 1. The largest absolute Gasteiger partial charge is 0.406 e. The van der Waals surface area contributed by atoms with Crippen LogP contribution in [-0.4, -0.2) is 41.1 Å². The first-order chi connectivity index (χ1) is 10.7. The van der Waals surface area contributed by atoms with Gasteiger partial charge in [-0.2, -0.15) is 4.99 Å². The van der Waals surface area contributed by atoms with Crippen LogP contribution in [0.2, 0.25) is 0 Å². The average molecular weight is 384 g/mol. The molecule has 1 N–H and O–H groups in total. The van der Waals surface area contributed by atoms with E-state index in [0.29, 0.717) is 22.8 Å². The van der Waals surface area contributed by atoms with E-state index >= 15 is 0 Å². The van der Waals surface area contributed by atoms with Gasteiger partial charge in [-0.05, 0) is 33.1 Å². The number of quaternary nitrogens is 1. The van der Waals surface area contributed by atoms with Crippen LogP contribution < -0.4 is 0 Å². The highest BCUT2D eigenvalue weighted by Gasteiger charge is 2.47. The second kappa shape index (κ2) is 8.93. The summed E-state index contributed by atoms with van der Waals surface area (Å²) in [6.07, 6.45) is 2.65. The number of amidine groups is 1. The summed E-state index contributed by atoms with van der Waals surface area (Å²) >= 11 is 11.6. The Balaban J connectivity index is 3.24. The first-order valence-electron chi connectivity index (χ1n) is 8.23. The first kappa shape index (κ1) is 21.1. The lowest BCUT2D eigenvalue weighted by molar-refractivity contribution is -0.868. The maximum absolute atomic E-state index is 10.3. The van der Waals surface area contributed by atoms with Gasteiger partial charge in [0.1, 0.15) is 6.04 Å². The third kappa shape index (κ3) is 5.00. The summed E-state index contributed by atoms with van der Waals surface area (Å²) in [6.45, 7) is 8.75. The van der Waals surface area contributed by atoms with Crippen molar-refractivity contribution in [3.05, 3.63) is 10.7 Å². The summed E-state index contributed by atoms with van der Waals surface area (Å²) in [4.78, 5) is 14.9. The molecule has 2 atom stereocenters. The molecule has 0 aliphatic carbocycles. The van der Waals surface area contributed by atoms with Gasteiger partial charge in [0.15, 0.2) is 0 Å². The second-order valence-corrected chi connectivity index (χ2v) is 9.05. The van der Waals surface area contributed by atoms with E-state index in [2.05, 4.69) is 25.8 Å². The van der Waals surface area contributed by atoms with Crippen LogP contribution in [0.4, 0.5) is 0 Å². The number of aliphatic imine (C=N–C) groups is 1. The van der Waals surface area contributed by atoms with Crippen molar-refractivity contribution in [2.45, 2.75) is 59.9 Å². The number of nitrogens with zero attached hydrogens (tertiary/aromatic N) is 2. The van der Waals surface area contributed by atoms with Gasteiger partial charge in [-0.3, -0.25) is 4.52 Å². The van der Waals surface area contributed by atoms with Crippen molar-refractivity contribution in [1.29, 1.82) is 0 Å². The molecule has 1 heterocycles. The van der Waals surface area contributed by atoms with Gasteiger partial charge in [0, 0.05) is 11.8 Å². The van der Waals surface area contributed by atoms with Gasteiger partial charge in [-0.25, -0.2) is 4.48 Å². The predicted octanol–water partition coefficient (Wildman–Crippen LogP) is 4.51. The first-order valence-corrected chi connectivity index (χ1v) is 11.2. The van der Waals surface area contributed by atoms with E-state index in [9.17, 15) is 4.89 Å². The Morgan fingerprint density at radius 3 is 2.30 bits per heavy atom. The van der Waals surface area contributed by atoms with Gasteiger partial charge in [0.25, 0.3) is 0 Å². The molecule has 0 aromatic carbocycles. The molecule has 0 fully saturated rings. The Hall–Kier alpha value is 0.0300. The lowest BCUT2D eigenvalue weighted by Crippen LogP contribution is -2.61. The van der Waals surface area contributed by atoms with Crippen LogP contribution >= 0.6 is 18.3 Å². The van der Waals surface area contributed by atoms with E-state index in [1.54, 1.807) is 0 Å². The smallest absolute Gasteiger partial charge is 0.361 e. The molecule has 8 heteroatoms. The summed E-state index contributed by atoms with van der Waals surface area (Å²) in [7, 11) is 0. The summed E-state index contributed by atoms with van der Waals surface area (Å²) in [6, 6.07) is 0.454. The average Bonchev–Trinajstić information content (AvgIpc) is 2.49. The van der Waals surface area contributed by atoms with Gasteiger partial charge >= 0.3 is 12.7 Å². The molecule has 1 aliphatic heterocycles. The fraction of sp³-hybridized carbons (Fsp3) is 0.800. The van der Waals surface area contributed by atoms with Crippen LogP contribution in [0, 0.1) is 0 Å². The Kier molecular flexibility index (Phi) is 8.18. The molecular formula is C15H29ClN2O3PS+. The van der Waals surface area contributed by atoms with E-state index in [1.807, 2.05) is 13.8 Å². The molecule has 0 aromatic heterocycles. The highest BCUT2D eigenvalue weighted by Crippen LogP contribution is 2.47. The quantitative estimate of drug-likeness (QED) is 0.495. The van der Waals surface area contributed by atoms with Crippen LogP contribution in [0.5, 0.6) is 0 Å². The summed E-state index contributed by atoms with van der Waals surface area (Å²) in [5.74, 6) is 0. The SMILES string of the molecule is CCCOP(O)(=S)OC1=NC(C)=C(Cl)C(C)[N+]1(CCC)CCC. The molecule has 0 bridgehead atoms. The third-order valence-corrected chi connectivity index (χ3v) is 6.03. The van der Waals surface area contributed by atoms with Crippen molar-refractivity contribution in [2.75, 3.05) is 19.7 Å². The molecule has 0 spiro atoms. The standard InChI is InChI=1S/C15H28ClN2O3PS/c1-6-9-18(10-7-2)13(5)14(16)12(4)17-15(18)21-22(19,23)20-11-8-3/h13H,6-11H2,1-5H3/p+1. The van der Waals surface area contributed by atoms with Crippen molar-refractivity contribution >= 4 is 36.1 Å². The third-order valence-electron chi connectivity index (χ3n) is 4.00. The Labute approximate surface area is 150 Å². The molecule has 0 saturated carbocycles. The molecule has 0 amide bonds. The van der Waals surface area contributed by atoms with Crippen molar-refractivity contribution < 1.29 is 18.4 Å². The van der Waals surface area contributed by atoms with E-state index in [-0.39, 0.29) is 6.04 Å². The monoisotopic (exact) mass is 383 g/mol. The fourth-order valence-electron chi connectivity index (χ4n) is 2.91. The van der Waals surface area contributed by atoms with Crippen LogP contribution in [0.25, 0.3) is 0 Å². The van der Waals surface area contributed by atoms with Gasteiger partial charge in [0.2, 0.25) is 0 Å². The van der Waals surface area contributed by atoms with Gasteiger partial charge in [-0.15, -0.1) is 0 Å². The highest BCUT2D eigenvalue weighted by atomic mass is 35.5. The topological polar surface area (TPSA) is 51.0 Å². The maximum Gasteiger partial charge on any atom is 0.406 e. The maximum atomic E-state index is 10.3. The molecule has 2 unspecified atom stereocenters. The predicted molar refractivity (Wildman–Crippen MR) is 99.9 cm³/mol. The van der Waals surface area contributed by atoms with Gasteiger partial charge < -0.3 is 9.42 Å². The van der Waals surface area contributed by atoms with Crippen molar-refractivity contribution in [3.8, 4) is 0 Å². The molecule has 1 aliphatic rings.